The molecule has 0 N–H and O–H groups in total. The zero-order chi connectivity index (χ0) is 93.3. The minimum absolute atomic E-state index is 0.00124. The Labute approximate surface area is 756 Å². The molecule has 0 fully saturated rings. The zero-order valence-corrected chi connectivity index (χ0v) is 74.7. The molecular formula is C86H90N8O32S4. The van der Waals surface area contributed by atoms with E-state index < -0.39 is 71.4 Å². The van der Waals surface area contributed by atoms with Crippen LogP contribution in [0.4, 0.5) is 14.4 Å². The van der Waals surface area contributed by atoms with Crippen LogP contribution in [0.2, 0.25) is 0 Å². The molecule has 0 aliphatic heterocycles. The van der Waals surface area contributed by atoms with Crippen molar-refractivity contribution in [3.8, 4) is 0 Å². The fourth-order valence-corrected chi connectivity index (χ4v) is 14.4. The highest BCUT2D eigenvalue weighted by molar-refractivity contribution is 7.13. The molecule has 8 aromatic heterocycles. The number of fused-ring (bicyclic) bond motifs is 4. The average molecular weight is 1880 g/mol. The third-order valence-corrected chi connectivity index (χ3v) is 21.0. The number of ketones is 4. The van der Waals surface area contributed by atoms with E-state index in [1.165, 1.54) is 89.4 Å². The zero-order valence-electron chi connectivity index (χ0n) is 71.5. The van der Waals surface area contributed by atoms with Gasteiger partial charge in [0.05, 0.1) is 179 Å². The number of nitrogens with zero attached hydrogens (tertiary/aromatic N) is 8. The molecule has 0 radical (unpaired) electrons. The smallest absolute Gasteiger partial charge is 0.418 e. The first-order valence-corrected chi connectivity index (χ1v) is 42.6. The highest BCUT2D eigenvalue weighted by Gasteiger charge is 2.29. The van der Waals surface area contributed by atoms with E-state index in [-0.39, 0.29) is 131 Å². The van der Waals surface area contributed by atoms with E-state index in [9.17, 15) is 62.3 Å². The van der Waals surface area contributed by atoms with E-state index in [0.717, 1.165) is 45.3 Å². The molecule has 0 saturated heterocycles. The van der Waals surface area contributed by atoms with Crippen LogP contribution in [0.1, 0.15) is 103 Å². The largest absolute Gasteiger partial charge is 0.467 e. The summed E-state index contributed by atoms with van der Waals surface area (Å²) in [6, 6.07) is 28.0. The summed E-state index contributed by atoms with van der Waals surface area (Å²) in [7, 11) is 11.0. The predicted octanol–water partition coefficient (Wildman–Crippen LogP) is 10.1. The Hall–Kier alpha value is -12.9. The Bertz CT molecular complexity index is 5860. The SMILES string of the molecule is COC(=O)COCCOC(=O)n1cc(C(=O)c2nc(C(=O)OC)cs2)c2ccccc21.COCCOCCOC(=O)n1cc(C(=O)c2nc(C(=O)OC)cs2)c2ccccc21.COCCOCCOCCOC(=O)n1cc(C(=O)c2nc(C(=O)OC)cs2)c2ccccc21.COCCOCCOCCOCC(=O)OCn1cc(C(=O)c2nc(C(=O)OC)cs2)c2ccccc21. The van der Waals surface area contributed by atoms with Gasteiger partial charge in [-0.3, -0.25) is 32.9 Å². The van der Waals surface area contributed by atoms with Gasteiger partial charge in [0.25, 0.3) is 0 Å². The highest BCUT2D eigenvalue weighted by Crippen LogP contribution is 2.31. The molecule has 130 heavy (non-hydrogen) atoms. The topological polar surface area (TPSA) is 469 Å². The Morgan fingerprint density at radius 2 is 0.531 bits per heavy atom. The number of aromatic nitrogens is 8. The summed E-state index contributed by atoms with van der Waals surface area (Å²) in [4.78, 5) is 176. The maximum atomic E-state index is 13.1. The lowest BCUT2D eigenvalue weighted by atomic mass is 10.1. The molecule has 0 atom stereocenters. The molecular weight excluding hydrogens is 1790 g/mol. The molecule has 0 aliphatic rings. The molecule has 0 spiro atoms. The van der Waals surface area contributed by atoms with Gasteiger partial charge in [-0.05, 0) is 24.3 Å². The molecule has 44 heteroatoms. The monoisotopic (exact) mass is 1870 g/mol. The summed E-state index contributed by atoms with van der Waals surface area (Å²) < 4.78 is 101. The molecule has 8 heterocycles. The second-order valence-electron chi connectivity index (χ2n) is 26.0. The van der Waals surface area contributed by atoms with Crippen molar-refractivity contribution in [2.24, 2.45) is 0 Å². The summed E-state index contributed by atoms with van der Waals surface area (Å²) in [5.74, 6) is -5.18. The molecule has 12 aromatic rings. The maximum absolute atomic E-state index is 13.1. The highest BCUT2D eigenvalue weighted by atomic mass is 32.1. The number of methoxy groups -OCH3 is 8. The number of benzene rings is 4. The van der Waals surface area contributed by atoms with Crippen LogP contribution >= 0.6 is 45.3 Å². The molecule has 0 unspecified atom stereocenters. The summed E-state index contributed by atoms with van der Waals surface area (Å²) >= 11 is 4.12. The van der Waals surface area contributed by atoms with Gasteiger partial charge < -0.3 is 94.6 Å². The summed E-state index contributed by atoms with van der Waals surface area (Å²) in [5, 5.41) is 8.65. The summed E-state index contributed by atoms with van der Waals surface area (Å²) in [6.07, 6.45) is 3.81. The first-order valence-electron chi connectivity index (χ1n) is 39.1. The first-order chi connectivity index (χ1) is 63.1. The standard InChI is InChI=1S/C24H28N2O9S.C22H24N2O8S.C20H18N2O8S.C20H20N2O7S/c1-30-7-8-32-9-10-33-11-12-34-14-21(27)35-16-26-13-18(17-5-3-4-6-20(17)26)22(28)23-25-19(15-36-23)24(29)31-2;1-28-7-8-30-9-10-31-11-12-32-22(27)24-13-16(15-5-3-4-6-18(15)24)19(25)20-23-17(14-33-20)21(26)29-2;1-27-16(23)10-29-7-8-30-20(26)22-9-13(12-5-3-4-6-15(12)22)17(24)18-21-14(11-31-18)19(25)28-2;1-26-7-8-28-9-10-29-20(25)22-11-14(13-5-3-4-6-16(13)22)17(23)18-21-15(12-30-18)19(24)27-2/h3-6,13,15H,7-12,14,16H2,1-2H3;3-6,13-14H,7-12H2,1-2H3;3-6,9,11H,7-8,10H2,1-2H3;3-6,11-12H,7-10H2,1-2H3. The molecule has 0 saturated carbocycles. The van der Waals surface area contributed by atoms with Crippen LogP contribution in [0, 0.1) is 0 Å². The van der Waals surface area contributed by atoms with Crippen LogP contribution in [0.5, 0.6) is 0 Å². The number of hydrogen-bond acceptors (Lipinski definition) is 40. The molecule has 0 bridgehead atoms. The Morgan fingerprint density at radius 1 is 0.277 bits per heavy atom. The average Bonchev–Trinajstić information content (AvgIpc) is 1.63. The number of carbonyl (C=O) groups is 13. The van der Waals surface area contributed by atoms with E-state index in [1.54, 1.807) is 117 Å². The van der Waals surface area contributed by atoms with Crippen molar-refractivity contribution in [1.82, 2.24) is 38.2 Å². The first kappa shape index (κ1) is 101. The van der Waals surface area contributed by atoms with Crippen LogP contribution in [0.25, 0.3) is 43.6 Å². The molecule has 4 aromatic carbocycles. The number of para-hydroxylation sites is 4. The van der Waals surface area contributed by atoms with Crippen LogP contribution in [0.15, 0.2) is 143 Å². The van der Waals surface area contributed by atoms with Gasteiger partial charge in [0.1, 0.15) is 33.0 Å². The Morgan fingerprint density at radius 3 is 0.831 bits per heavy atom. The van der Waals surface area contributed by atoms with Crippen molar-refractivity contribution >= 4 is 166 Å². The molecule has 40 nitrogen and oxygen atoms in total. The number of esters is 6. The normalized spacial score (nSPS) is 10.9. The van der Waals surface area contributed by atoms with E-state index in [1.807, 2.05) is 12.1 Å². The van der Waals surface area contributed by atoms with E-state index in [0.29, 0.717) is 122 Å². The van der Waals surface area contributed by atoms with Crippen molar-refractivity contribution in [3.63, 3.8) is 0 Å². The van der Waals surface area contributed by atoms with Crippen LogP contribution in [0.3, 0.4) is 0 Å². The molecule has 690 valence electrons. The minimum Gasteiger partial charge on any atom is -0.467 e. The lowest BCUT2D eigenvalue weighted by Gasteiger charge is -2.08. The van der Waals surface area contributed by atoms with Gasteiger partial charge in [0, 0.05) is 89.2 Å². The van der Waals surface area contributed by atoms with Crippen LogP contribution in [-0.2, 0) is 106 Å². The second-order valence-corrected chi connectivity index (χ2v) is 29.4. The summed E-state index contributed by atoms with van der Waals surface area (Å²) in [6.45, 7) is 4.99. The second kappa shape index (κ2) is 53.1. The Kier molecular flexibility index (Phi) is 41.2. The van der Waals surface area contributed by atoms with E-state index in [4.69, 9.17) is 66.3 Å². The van der Waals surface area contributed by atoms with Gasteiger partial charge in [0.15, 0.2) is 49.5 Å². The van der Waals surface area contributed by atoms with Crippen molar-refractivity contribution in [1.29, 1.82) is 0 Å². The maximum Gasteiger partial charge on any atom is 0.418 e. The Balaban J connectivity index is 0.000000196. The van der Waals surface area contributed by atoms with Crippen LogP contribution in [-0.4, -0.2) is 304 Å². The van der Waals surface area contributed by atoms with Gasteiger partial charge >= 0.3 is 54.1 Å². The number of ether oxygens (including phenoxy) is 19. The van der Waals surface area contributed by atoms with Crippen LogP contribution < -0.4 is 0 Å². The quantitative estimate of drug-likeness (QED) is 0.0148. The minimum atomic E-state index is -0.716. The molecule has 12 rings (SSSR count). The van der Waals surface area contributed by atoms with Gasteiger partial charge in [-0.2, -0.15) is 0 Å². The summed E-state index contributed by atoms with van der Waals surface area (Å²) in [5.41, 5.74) is 3.61. The van der Waals surface area contributed by atoms with Crippen molar-refractivity contribution < 1.29 is 152 Å². The fraction of sp³-hybridized carbons (Fsp3) is 0.337. The van der Waals surface area contributed by atoms with Crippen molar-refractivity contribution in [2.75, 3.05) is 189 Å². The number of thiazole rings is 4. The predicted molar refractivity (Wildman–Crippen MR) is 465 cm³/mol. The lowest BCUT2D eigenvalue weighted by molar-refractivity contribution is -0.153. The number of rotatable bonds is 45. The third-order valence-electron chi connectivity index (χ3n) is 17.7. The molecule has 0 aliphatic carbocycles. The van der Waals surface area contributed by atoms with Crippen molar-refractivity contribution in [2.45, 2.75) is 6.73 Å². The van der Waals surface area contributed by atoms with Gasteiger partial charge in [-0.25, -0.2) is 63.1 Å². The lowest BCUT2D eigenvalue weighted by Crippen LogP contribution is -2.18. The molecule has 0 amide bonds. The van der Waals surface area contributed by atoms with E-state index >= 15 is 0 Å². The van der Waals surface area contributed by atoms with Gasteiger partial charge in [0.2, 0.25) is 23.1 Å². The number of hydrogen-bond donors (Lipinski definition) is 0. The van der Waals surface area contributed by atoms with Gasteiger partial charge in [-0.1, -0.05) is 72.8 Å². The van der Waals surface area contributed by atoms with Gasteiger partial charge in [-0.15, -0.1) is 45.3 Å². The van der Waals surface area contributed by atoms with E-state index in [2.05, 4.69) is 43.6 Å². The third kappa shape index (κ3) is 28.5. The fourth-order valence-electron chi connectivity index (χ4n) is 11.5. The van der Waals surface area contributed by atoms with Crippen molar-refractivity contribution in [3.05, 3.63) is 208 Å². The number of carbonyl (C=O) groups excluding carboxylic acids is 13.